The molecule has 158 valence electrons. The monoisotopic (exact) mass is 415 g/mol. The van der Waals surface area contributed by atoms with E-state index >= 15 is 0 Å². The lowest BCUT2D eigenvalue weighted by Crippen LogP contribution is -2.29. The first-order chi connectivity index (χ1) is 15.1. The molecule has 0 radical (unpaired) electrons. The number of hydrogen-bond donors (Lipinski definition) is 0. The van der Waals surface area contributed by atoms with Crippen molar-refractivity contribution in [1.82, 2.24) is 0 Å². The van der Waals surface area contributed by atoms with E-state index in [-0.39, 0.29) is 12.4 Å². The number of carbonyl (C=O) groups excluding carboxylic acids is 2. The molecule has 0 heterocycles. The van der Waals surface area contributed by atoms with Gasteiger partial charge in [-0.25, -0.2) is 4.79 Å². The van der Waals surface area contributed by atoms with E-state index in [1.807, 2.05) is 66.7 Å². The van der Waals surface area contributed by atoms with Crippen LogP contribution in [0.15, 0.2) is 72.8 Å². The van der Waals surface area contributed by atoms with Crippen LogP contribution >= 0.6 is 0 Å². The summed E-state index contributed by atoms with van der Waals surface area (Å²) in [7, 11) is 1.66. The van der Waals surface area contributed by atoms with Gasteiger partial charge in [0.2, 0.25) is 0 Å². The number of hydrogen-bond acceptors (Lipinski definition) is 4. The molecule has 0 saturated heterocycles. The van der Waals surface area contributed by atoms with Crippen LogP contribution in [0, 0.1) is 0 Å². The van der Waals surface area contributed by atoms with E-state index in [0.29, 0.717) is 30.0 Å². The Morgan fingerprint density at radius 3 is 2.19 bits per heavy atom. The molecule has 4 rings (SSSR count). The van der Waals surface area contributed by atoms with Gasteiger partial charge in [0.05, 0.1) is 5.69 Å². The smallest absolute Gasteiger partial charge is 0.414 e. The Labute approximate surface area is 182 Å². The number of carbonyl (C=O) groups is 2. The molecular weight excluding hydrogens is 390 g/mol. The molecule has 0 bridgehead atoms. The second-order valence-corrected chi connectivity index (χ2v) is 7.59. The minimum atomic E-state index is -0.486. The summed E-state index contributed by atoms with van der Waals surface area (Å²) in [5.41, 5.74) is 4.06. The Bertz CT molecular complexity index is 1060. The maximum absolute atomic E-state index is 12.9. The number of amides is 1. The van der Waals surface area contributed by atoms with E-state index in [4.69, 9.17) is 9.47 Å². The van der Waals surface area contributed by atoms with Crippen LogP contribution in [0.3, 0.4) is 0 Å². The second-order valence-electron chi connectivity index (χ2n) is 7.59. The highest BCUT2D eigenvalue weighted by Gasteiger charge is 2.27. The summed E-state index contributed by atoms with van der Waals surface area (Å²) in [5, 5.41) is 0. The topological polar surface area (TPSA) is 55.8 Å². The molecule has 0 unspecified atom stereocenters. The van der Waals surface area contributed by atoms with Crippen LogP contribution < -0.4 is 9.64 Å². The summed E-state index contributed by atoms with van der Waals surface area (Å²) < 4.78 is 11.6. The fraction of sp³-hybridized carbons (Fsp3) is 0.231. The van der Waals surface area contributed by atoms with Crippen LogP contribution in [0.1, 0.15) is 39.9 Å². The molecule has 3 aromatic rings. The Kier molecular flexibility index (Phi) is 6.32. The lowest BCUT2D eigenvalue weighted by Gasteiger charge is -2.27. The molecular formula is C26H25NO4. The molecule has 0 atom stereocenters. The van der Waals surface area contributed by atoms with Gasteiger partial charge in [-0.1, -0.05) is 60.7 Å². The first kappa shape index (κ1) is 20.7. The first-order valence-corrected chi connectivity index (χ1v) is 10.4. The predicted molar refractivity (Wildman–Crippen MR) is 120 cm³/mol. The summed E-state index contributed by atoms with van der Waals surface area (Å²) in [6, 6.07) is 23.0. The fourth-order valence-corrected chi connectivity index (χ4v) is 3.82. The van der Waals surface area contributed by atoms with Gasteiger partial charge in [-0.3, -0.25) is 9.69 Å². The van der Waals surface area contributed by atoms with Crippen molar-refractivity contribution in [2.75, 3.05) is 11.9 Å². The van der Waals surface area contributed by atoms with Gasteiger partial charge in [0.1, 0.15) is 19.0 Å². The molecule has 0 saturated carbocycles. The molecule has 31 heavy (non-hydrogen) atoms. The lowest BCUT2D eigenvalue weighted by molar-refractivity contribution is 0.0972. The number of ether oxygens (including phenoxy) is 2. The van der Waals surface area contributed by atoms with Gasteiger partial charge in [0, 0.05) is 19.0 Å². The summed E-state index contributed by atoms with van der Waals surface area (Å²) >= 11 is 0. The quantitative estimate of drug-likeness (QED) is 0.529. The van der Waals surface area contributed by atoms with E-state index in [1.165, 1.54) is 4.90 Å². The molecule has 3 aromatic carbocycles. The summed E-state index contributed by atoms with van der Waals surface area (Å²) in [6.45, 7) is 0.547. The summed E-state index contributed by atoms with van der Waals surface area (Å²) in [6.07, 6.45) is 1.52. The lowest BCUT2D eigenvalue weighted by atomic mass is 9.88. The number of fused-ring (bicyclic) bond motifs is 1. The Morgan fingerprint density at radius 2 is 1.52 bits per heavy atom. The minimum Gasteiger partial charge on any atom is -0.487 e. The van der Waals surface area contributed by atoms with Crippen LogP contribution in [0.25, 0.3) is 0 Å². The molecule has 0 aromatic heterocycles. The highest BCUT2D eigenvalue weighted by molar-refractivity contribution is 6.02. The molecule has 0 spiro atoms. The van der Waals surface area contributed by atoms with Crippen molar-refractivity contribution in [1.29, 1.82) is 0 Å². The molecule has 0 aliphatic heterocycles. The average molecular weight is 415 g/mol. The Balaban J connectivity index is 1.60. The number of Topliss-reactive ketones (excluding diaryl/α,β-unsaturated/α-hetero) is 1. The normalized spacial score (nSPS) is 12.7. The number of anilines is 1. The third-order valence-electron chi connectivity index (χ3n) is 5.43. The average Bonchev–Trinajstić information content (AvgIpc) is 2.82. The van der Waals surface area contributed by atoms with Crippen molar-refractivity contribution in [3.63, 3.8) is 0 Å². The molecule has 0 N–H and O–H groups in total. The highest BCUT2D eigenvalue weighted by Crippen LogP contribution is 2.38. The Morgan fingerprint density at radius 1 is 0.871 bits per heavy atom. The van der Waals surface area contributed by atoms with Crippen molar-refractivity contribution >= 4 is 17.6 Å². The summed E-state index contributed by atoms with van der Waals surface area (Å²) in [4.78, 5) is 26.8. The maximum atomic E-state index is 12.9. The van der Waals surface area contributed by atoms with E-state index < -0.39 is 6.09 Å². The molecule has 5 nitrogen and oxygen atoms in total. The molecule has 5 heteroatoms. The van der Waals surface area contributed by atoms with Gasteiger partial charge in [-0.15, -0.1) is 0 Å². The van der Waals surface area contributed by atoms with Gasteiger partial charge < -0.3 is 9.47 Å². The zero-order valence-electron chi connectivity index (χ0n) is 17.5. The first-order valence-electron chi connectivity index (χ1n) is 10.4. The highest BCUT2D eigenvalue weighted by atomic mass is 16.6. The molecule has 1 aliphatic carbocycles. The van der Waals surface area contributed by atoms with Crippen LogP contribution in [-0.4, -0.2) is 18.9 Å². The van der Waals surface area contributed by atoms with E-state index in [1.54, 1.807) is 13.1 Å². The number of ketones is 1. The van der Waals surface area contributed by atoms with Crippen molar-refractivity contribution in [3.8, 4) is 5.75 Å². The summed E-state index contributed by atoms with van der Waals surface area (Å²) in [5.74, 6) is 0.666. The van der Waals surface area contributed by atoms with Crippen molar-refractivity contribution in [2.24, 2.45) is 0 Å². The second kappa shape index (κ2) is 9.47. The molecule has 0 fully saturated rings. The standard InChI is InChI=1S/C26H25NO4/c1-27(26(29)31-18-20-11-6-3-7-12-20)25-22-13-8-14-23(28)21(22)15-16-24(25)30-17-19-9-4-2-5-10-19/h2-7,9-12,15-16H,8,13-14,17-18H2,1H3. The van der Waals surface area contributed by atoms with Crippen LogP contribution in [0.4, 0.5) is 10.5 Å². The number of rotatable bonds is 6. The van der Waals surface area contributed by atoms with Gasteiger partial charge in [0.15, 0.2) is 5.78 Å². The number of nitrogens with zero attached hydrogens (tertiary/aromatic N) is 1. The van der Waals surface area contributed by atoms with Gasteiger partial charge in [0.25, 0.3) is 0 Å². The minimum absolute atomic E-state index is 0.100. The molecule has 1 aliphatic rings. The van der Waals surface area contributed by atoms with Crippen molar-refractivity contribution in [2.45, 2.75) is 32.5 Å². The third-order valence-corrected chi connectivity index (χ3v) is 5.43. The maximum Gasteiger partial charge on any atom is 0.414 e. The van der Waals surface area contributed by atoms with Crippen LogP contribution in [0.2, 0.25) is 0 Å². The van der Waals surface area contributed by atoms with Gasteiger partial charge in [-0.2, -0.15) is 0 Å². The Hall–Kier alpha value is -3.60. The third kappa shape index (κ3) is 4.77. The zero-order valence-corrected chi connectivity index (χ0v) is 17.5. The van der Waals surface area contributed by atoms with Gasteiger partial charge in [-0.05, 0) is 41.7 Å². The largest absolute Gasteiger partial charge is 0.487 e. The van der Waals surface area contributed by atoms with E-state index in [0.717, 1.165) is 29.5 Å². The molecule has 1 amide bonds. The fourth-order valence-electron chi connectivity index (χ4n) is 3.82. The van der Waals surface area contributed by atoms with E-state index in [2.05, 4.69) is 0 Å². The zero-order chi connectivity index (χ0) is 21.6. The van der Waals surface area contributed by atoms with Crippen LogP contribution in [0.5, 0.6) is 5.75 Å². The van der Waals surface area contributed by atoms with Crippen molar-refractivity contribution < 1.29 is 19.1 Å². The van der Waals surface area contributed by atoms with Crippen molar-refractivity contribution in [3.05, 3.63) is 95.1 Å². The SMILES string of the molecule is CN(C(=O)OCc1ccccc1)c1c(OCc2ccccc2)ccc2c1CCCC2=O. The van der Waals surface area contributed by atoms with Crippen LogP contribution in [-0.2, 0) is 24.4 Å². The predicted octanol–water partition coefficient (Wildman–Crippen LogP) is 5.56. The van der Waals surface area contributed by atoms with Gasteiger partial charge >= 0.3 is 6.09 Å². The number of benzene rings is 3. The van der Waals surface area contributed by atoms with E-state index in [9.17, 15) is 9.59 Å².